The number of aryl methyl sites for hydroxylation is 1. The highest BCUT2D eigenvalue weighted by Gasteiger charge is 2.64. The maximum Gasteiger partial charge on any atom is 0.253 e. The van der Waals surface area contributed by atoms with Crippen molar-refractivity contribution >= 4 is 52.4 Å². The molecule has 4 aromatic rings. The number of nitriles is 1. The summed E-state index contributed by atoms with van der Waals surface area (Å²) in [6.07, 6.45) is 0.662. The predicted octanol–water partition coefficient (Wildman–Crippen LogP) is 5.83. The quantitative estimate of drug-likeness (QED) is 0.118. The van der Waals surface area contributed by atoms with E-state index in [9.17, 15) is 29.5 Å². The molecule has 16 nitrogen and oxygen atoms in total. The third-order valence-corrected chi connectivity index (χ3v) is 16.3. The van der Waals surface area contributed by atoms with Crippen LogP contribution in [-0.2, 0) is 14.4 Å². The average Bonchev–Trinajstić information content (AvgIpc) is 3.93. The molecule has 18 heteroatoms. The number of hydrogen-bond donors (Lipinski definition) is 4. The van der Waals surface area contributed by atoms with E-state index in [-0.39, 0.29) is 61.3 Å². The molecular formula is C53H67ClN10O6S. The maximum absolute atomic E-state index is 14.3. The number of amides is 4. The van der Waals surface area contributed by atoms with Crippen LogP contribution in [0.15, 0.2) is 66.3 Å². The van der Waals surface area contributed by atoms with Crippen molar-refractivity contribution in [3.8, 4) is 22.3 Å². The molecule has 3 saturated heterocycles. The minimum atomic E-state index is -0.909. The van der Waals surface area contributed by atoms with E-state index in [0.29, 0.717) is 41.0 Å². The Morgan fingerprint density at radius 3 is 2.24 bits per heavy atom. The van der Waals surface area contributed by atoms with E-state index in [1.807, 2.05) is 76.5 Å². The third-order valence-electron chi connectivity index (χ3n) is 15.0. The number of piperazine rings is 1. The van der Waals surface area contributed by atoms with Crippen molar-refractivity contribution in [1.29, 1.82) is 5.26 Å². The second kappa shape index (κ2) is 20.5. The number of ether oxygens (including phenoxy) is 1. The van der Waals surface area contributed by atoms with Gasteiger partial charge in [-0.25, -0.2) is 9.97 Å². The Morgan fingerprint density at radius 2 is 1.65 bits per heavy atom. The van der Waals surface area contributed by atoms with Gasteiger partial charge in [-0.3, -0.25) is 29.0 Å². The molecule has 2 aromatic heterocycles. The number of thiazole rings is 1. The molecular weight excluding hydrogens is 940 g/mol. The van der Waals surface area contributed by atoms with E-state index in [1.54, 1.807) is 35.7 Å². The Morgan fingerprint density at radius 1 is 0.958 bits per heavy atom. The van der Waals surface area contributed by atoms with Crippen molar-refractivity contribution in [2.45, 2.75) is 111 Å². The number of aliphatic hydroxyl groups is 1. The van der Waals surface area contributed by atoms with E-state index in [4.69, 9.17) is 16.3 Å². The van der Waals surface area contributed by atoms with Crippen LogP contribution in [0, 0.1) is 34.5 Å². The van der Waals surface area contributed by atoms with E-state index >= 15 is 0 Å². The van der Waals surface area contributed by atoms with Crippen LogP contribution in [0.2, 0.25) is 5.02 Å². The largest absolute Gasteiger partial charge is 0.489 e. The van der Waals surface area contributed by atoms with Gasteiger partial charge in [0.2, 0.25) is 17.7 Å². The molecule has 378 valence electrons. The Hall–Kier alpha value is -5.64. The molecule has 4 aliphatic rings. The van der Waals surface area contributed by atoms with Crippen LogP contribution in [0.1, 0.15) is 95.0 Å². The smallest absolute Gasteiger partial charge is 0.253 e. The van der Waals surface area contributed by atoms with Gasteiger partial charge in [-0.1, -0.05) is 84.3 Å². The van der Waals surface area contributed by atoms with E-state index in [0.717, 1.165) is 53.7 Å². The molecule has 3 aliphatic heterocycles. The highest BCUT2D eigenvalue weighted by molar-refractivity contribution is 7.13. The van der Waals surface area contributed by atoms with Crippen molar-refractivity contribution in [1.82, 2.24) is 40.6 Å². The summed E-state index contributed by atoms with van der Waals surface area (Å²) in [5.74, 6) is 0.188. The first-order valence-electron chi connectivity index (χ1n) is 24.5. The number of aliphatic hydroxyl groups excluding tert-OH is 1. The second-order valence-electron chi connectivity index (χ2n) is 22.0. The number of carbonyl (C=O) groups excluding carboxylic acids is 4. The van der Waals surface area contributed by atoms with Gasteiger partial charge in [0.1, 0.15) is 35.8 Å². The summed E-state index contributed by atoms with van der Waals surface area (Å²) in [6, 6.07) is 16.8. The molecule has 2 aromatic carbocycles. The molecule has 0 spiro atoms. The number of likely N-dealkylation sites (tertiary alicyclic amines) is 1. The van der Waals surface area contributed by atoms with Crippen LogP contribution in [-0.4, -0.2) is 142 Å². The van der Waals surface area contributed by atoms with Gasteiger partial charge in [0.15, 0.2) is 0 Å². The molecule has 4 N–H and O–H groups in total. The molecule has 1 saturated carbocycles. The van der Waals surface area contributed by atoms with Crippen molar-refractivity contribution in [2.24, 2.45) is 16.2 Å². The summed E-state index contributed by atoms with van der Waals surface area (Å²) in [4.78, 5) is 73.5. The zero-order valence-electron chi connectivity index (χ0n) is 42.2. The van der Waals surface area contributed by atoms with Gasteiger partial charge >= 0.3 is 0 Å². The molecule has 4 amide bonds. The Bertz CT molecular complexity index is 2630. The topological polar surface area (TPSA) is 196 Å². The number of benzene rings is 2. The first-order chi connectivity index (χ1) is 33.5. The lowest BCUT2D eigenvalue weighted by molar-refractivity contribution is -0.164. The molecule has 8 rings (SSSR count). The van der Waals surface area contributed by atoms with Crippen molar-refractivity contribution in [2.75, 3.05) is 57.3 Å². The monoisotopic (exact) mass is 1010 g/mol. The summed E-state index contributed by atoms with van der Waals surface area (Å²) in [5.41, 5.74) is 4.17. The summed E-state index contributed by atoms with van der Waals surface area (Å²) in [6.45, 7) is 22.5. The third kappa shape index (κ3) is 10.9. The van der Waals surface area contributed by atoms with Gasteiger partial charge < -0.3 is 35.6 Å². The van der Waals surface area contributed by atoms with Crippen molar-refractivity contribution in [3.63, 3.8) is 0 Å². The van der Waals surface area contributed by atoms with E-state index in [2.05, 4.69) is 74.4 Å². The van der Waals surface area contributed by atoms with Gasteiger partial charge in [-0.05, 0) is 54.7 Å². The lowest BCUT2D eigenvalue weighted by Gasteiger charge is -2.63. The highest BCUT2D eigenvalue weighted by Crippen LogP contribution is 2.55. The second-order valence-corrected chi connectivity index (χ2v) is 23.2. The summed E-state index contributed by atoms with van der Waals surface area (Å²) in [7, 11) is 0. The minimum absolute atomic E-state index is 0.00562. The minimum Gasteiger partial charge on any atom is -0.489 e. The Labute approximate surface area is 426 Å². The van der Waals surface area contributed by atoms with Crippen LogP contribution >= 0.6 is 22.9 Å². The number of nitrogens with zero attached hydrogens (tertiary/aromatic N) is 7. The number of β-amino-alcohol motifs (C(OH)–C–C–N with tert-alkyl or cyclic N) is 1. The molecule has 71 heavy (non-hydrogen) atoms. The molecule has 1 unspecified atom stereocenters. The summed E-state index contributed by atoms with van der Waals surface area (Å²) >= 11 is 7.84. The zero-order chi connectivity index (χ0) is 51.2. The normalized spacial score (nSPS) is 23.1. The summed E-state index contributed by atoms with van der Waals surface area (Å²) < 4.78 is 6.38. The number of rotatable bonds is 14. The Kier molecular flexibility index (Phi) is 14.9. The predicted molar refractivity (Wildman–Crippen MR) is 274 cm³/mol. The SMILES string of the molecule is Cc1ncsc1-c1ccc([C@H](C)NC(=O)C2C[C@@H](O)CN2C(=O)[C@@H](NC(=O)CN2CCN(C3CN(c4ccc(C(=O)N[C@H]5C(C)(C)[C@H](Oc6ccc(C#N)c(Cl)c6)C5(C)C)cn4)C3)CC2)C(C)(C)C)cc1. The van der Waals surface area contributed by atoms with Crippen molar-refractivity contribution < 1.29 is 29.0 Å². The van der Waals surface area contributed by atoms with E-state index < -0.39 is 34.4 Å². The number of carbonyl (C=O) groups is 4. The highest BCUT2D eigenvalue weighted by atomic mass is 35.5. The summed E-state index contributed by atoms with van der Waals surface area (Å²) in [5, 5.41) is 29.6. The number of nitrogens with one attached hydrogen (secondary N) is 3. The fraction of sp³-hybridized carbons (Fsp3) is 0.528. The standard InChI is InChI=1S/C53H67ClN10O6S/c1-31(33-10-12-34(13-11-33)44-32(2)57-30-71-44)58-47(68)41-22-38(65)28-64(41)48(69)45(51(3,4)5)59-43(66)29-61-18-20-62(21-19-61)37-26-63(27-37)42-17-15-36(25-56-42)46(67)60-49-52(6,7)50(53(49,8)9)70-39-16-14-35(24-55)40(54)23-39/h10-17,23,25,30-31,37-38,41,45,49-50,65H,18-22,26-29H2,1-9H3,(H,58,68)(H,59,66)(H,60,67)/t31-,38+,41?,45+,49-,50-/m0/s1. The Balaban J connectivity index is 0.776. The molecule has 0 bridgehead atoms. The maximum atomic E-state index is 14.3. The lowest BCUT2D eigenvalue weighted by Crippen LogP contribution is -2.74. The van der Waals surface area contributed by atoms with E-state index in [1.165, 1.54) is 4.90 Å². The number of hydrogen-bond acceptors (Lipinski definition) is 13. The van der Waals surface area contributed by atoms with Crippen LogP contribution in [0.3, 0.4) is 0 Å². The van der Waals surface area contributed by atoms with Crippen LogP contribution in [0.4, 0.5) is 5.82 Å². The fourth-order valence-electron chi connectivity index (χ4n) is 11.1. The van der Waals surface area contributed by atoms with Gasteiger partial charge in [0.05, 0.1) is 50.9 Å². The lowest BCUT2D eigenvalue weighted by atomic mass is 9.49. The van der Waals surface area contributed by atoms with Gasteiger partial charge in [0.25, 0.3) is 5.91 Å². The van der Waals surface area contributed by atoms with Gasteiger partial charge in [0, 0.05) is 87.4 Å². The van der Waals surface area contributed by atoms with Crippen LogP contribution in [0.5, 0.6) is 5.75 Å². The number of halogens is 1. The van der Waals surface area contributed by atoms with Gasteiger partial charge in [-0.2, -0.15) is 5.26 Å². The van der Waals surface area contributed by atoms with Crippen molar-refractivity contribution in [3.05, 3.63) is 93.7 Å². The van der Waals surface area contributed by atoms with Gasteiger partial charge in [-0.15, -0.1) is 11.3 Å². The number of aromatic nitrogens is 2. The number of pyridine rings is 1. The van der Waals surface area contributed by atoms with Crippen LogP contribution in [0.25, 0.3) is 10.4 Å². The molecule has 5 heterocycles. The molecule has 1 aliphatic carbocycles. The molecule has 4 fully saturated rings. The first kappa shape index (κ1) is 51.7. The molecule has 0 radical (unpaired) electrons. The average molecular weight is 1010 g/mol. The fourth-order valence-corrected chi connectivity index (χ4v) is 12.1. The number of anilines is 1. The zero-order valence-corrected chi connectivity index (χ0v) is 43.7. The first-order valence-corrected chi connectivity index (χ1v) is 25.7. The molecule has 4 atom stereocenters. The van der Waals surface area contributed by atoms with Crippen LogP contribution < -0.4 is 25.6 Å².